The van der Waals surface area contributed by atoms with Crippen molar-refractivity contribution in [3.05, 3.63) is 60.4 Å². The fourth-order valence-electron chi connectivity index (χ4n) is 2.40. The number of aromatic amines is 1. The molecule has 4 rings (SSSR count). The maximum atomic E-state index is 5.22. The van der Waals surface area contributed by atoms with Crippen LogP contribution in [-0.2, 0) is 6.42 Å². The Labute approximate surface area is 149 Å². The summed E-state index contributed by atoms with van der Waals surface area (Å²) in [6.07, 6.45) is 6.33. The van der Waals surface area contributed by atoms with Gasteiger partial charge in [-0.15, -0.1) is 0 Å². The topological polar surface area (TPSA) is 54.7 Å². The lowest BCUT2D eigenvalue weighted by Gasteiger charge is -2.01. The number of benzene rings is 1. The zero-order valence-electron chi connectivity index (χ0n) is 15.7. The number of aryl methyl sites for hydroxylation is 1. The first kappa shape index (κ1) is 18.7. The molecule has 3 aromatic heterocycles. The summed E-state index contributed by atoms with van der Waals surface area (Å²) in [5, 5.41) is 1.20. The molecule has 0 saturated carbocycles. The third kappa shape index (κ3) is 4.69. The van der Waals surface area contributed by atoms with Crippen LogP contribution in [0.3, 0.4) is 0 Å². The van der Waals surface area contributed by atoms with Gasteiger partial charge in [0.2, 0.25) is 0 Å². The minimum atomic E-state index is 0.464. The molecule has 0 fully saturated rings. The van der Waals surface area contributed by atoms with Gasteiger partial charge in [0.25, 0.3) is 0 Å². The second-order valence-electron chi connectivity index (χ2n) is 5.83. The normalized spacial score (nSPS) is 10.3. The predicted octanol–water partition coefficient (Wildman–Crippen LogP) is 6.10. The maximum Gasteiger partial charge on any atom is 0.133 e. The van der Waals surface area contributed by atoms with Gasteiger partial charge in [0.1, 0.15) is 5.58 Å². The zero-order valence-corrected chi connectivity index (χ0v) is 15.7. The Morgan fingerprint density at radius 1 is 1.08 bits per heavy atom. The molecule has 4 heteroatoms. The van der Waals surface area contributed by atoms with E-state index in [0.29, 0.717) is 5.92 Å². The van der Waals surface area contributed by atoms with E-state index in [1.54, 1.807) is 12.6 Å². The number of rotatable bonds is 2. The van der Waals surface area contributed by atoms with Gasteiger partial charge in [-0.1, -0.05) is 40.7 Å². The van der Waals surface area contributed by atoms with E-state index in [-0.39, 0.29) is 0 Å². The molecule has 0 unspecified atom stereocenters. The summed E-state index contributed by atoms with van der Waals surface area (Å²) in [4.78, 5) is 11.5. The first-order valence-electron chi connectivity index (χ1n) is 8.92. The Morgan fingerprint density at radius 3 is 2.60 bits per heavy atom. The molecule has 25 heavy (non-hydrogen) atoms. The number of fused-ring (bicyclic) bond motifs is 2. The molecule has 0 aliphatic heterocycles. The lowest BCUT2D eigenvalue weighted by Crippen LogP contribution is -1.91. The molecule has 0 radical (unpaired) electrons. The van der Waals surface area contributed by atoms with Crippen molar-refractivity contribution in [2.24, 2.45) is 0 Å². The van der Waals surface area contributed by atoms with E-state index >= 15 is 0 Å². The van der Waals surface area contributed by atoms with Crippen molar-refractivity contribution in [2.45, 2.75) is 47.0 Å². The summed E-state index contributed by atoms with van der Waals surface area (Å²) in [5.74, 6) is 0.464. The standard InChI is InChI=1S/C10H10O.C9H11N3.C2H6/c1-2-8-3-4-10-9(7-8)5-6-11-10;1-6(2)7-3-8-9(4-10-7)12-5-11-8;1-2/h3-7H,2H2,1H3;3-6H,1-2H3,(H,11,12);1-2H3. The second-order valence-corrected chi connectivity index (χ2v) is 5.83. The van der Waals surface area contributed by atoms with Crippen molar-refractivity contribution in [1.82, 2.24) is 15.0 Å². The van der Waals surface area contributed by atoms with Gasteiger partial charge in [-0.25, -0.2) is 4.98 Å². The first-order chi connectivity index (χ1) is 12.2. The molecular formula is C21H27N3O. The van der Waals surface area contributed by atoms with Gasteiger partial charge in [0.15, 0.2) is 0 Å². The molecule has 0 saturated heterocycles. The zero-order chi connectivity index (χ0) is 18.2. The molecule has 0 aliphatic rings. The summed E-state index contributed by atoms with van der Waals surface area (Å²) in [5.41, 5.74) is 5.42. The number of hydrogen-bond acceptors (Lipinski definition) is 3. The number of aromatic nitrogens is 3. The summed E-state index contributed by atoms with van der Waals surface area (Å²) < 4.78 is 5.22. The molecule has 0 spiro atoms. The highest BCUT2D eigenvalue weighted by molar-refractivity contribution is 5.77. The average molecular weight is 337 g/mol. The molecule has 0 atom stereocenters. The van der Waals surface area contributed by atoms with Crippen LogP contribution in [-0.4, -0.2) is 15.0 Å². The third-order valence-corrected chi connectivity index (χ3v) is 3.84. The Balaban J connectivity index is 0.000000165. The highest BCUT2D eigenvalue weighted by Gasteiger charge is 2.02. The van der Waals surface area contributed by atoms with E-state index in [1.165, 1.54) is 10.9 Å². The lowest BCUT2D eigenvalue weighted by atomic mass is 10.1. The van der Waals surface area contributed by atoms with Crippen molar-refractivity contribution >= 4 is 22.0 Å². The SMILES string of the molecule is CC.CC(C)c1cc2nc[nH]c2cn1.CCc1ccc2occc2c1. The molecule has 0 amide bonds. The average Bonchev–Trinajstić information content (AvgIpc) is 3.31. The summed E-state index contributed by atoms with van der Waals surface area (Å²) in [6, 6.07) is 10.3. The number of nitrogens with one attached hydrogen (secondary N) is 1. The van der Waals surface area contributed by atoms with Crippen LogP contribution in [0.15, 0.2) is 53.5 Å². The summed E-state index contributed by atoms with van der Waals surface area (Å²) >= 11 is 0. The number of nitrogens with zero attached hydrogens (tertiary/aromatic N) is 2. The molecule has 0 aliphatic carbocycles. The number of furan rings is 1. The maximum absolute atomic E-state index is 5.22. The van der Waals surface area contributed by atoms with E-state index in [0.717, 1.165) is 28.7 Å². The van der Waals surface area contributed by atoms with Gasteiger partial charge in [-0.05, 0) is 42.2 Å². The Kier molecular flexibility index (Phi) is 6.75. The van der Waals surface area contributed by atoms with Crippen LogP contribution in [0.25, 0.3) is 22.0 Å². The van der Waals surface area contributed by atoms with Gasteiger partial charge < -0.3 is 9.40 Å². The molecule has 3 heterocycles. The van der Waals surface area contributed by atoms with Crippen LogP contribution in [0, 0.1) is 0 Å². The van der Waals surface area contributed by atoms with E-state index in [4.69, 9.17) is 4.42 Å². The van der Waals surface area contributed by atoms with Crippen molar-refractivity contribution in [2.75, 3.05) is 0 Å². The Bertz CT molecular complexity index is 905. The Morgan fingerprint density at radius 2 is 1.88 bits per heavy atom. The summed E-state index contributed by atoms with van der Waals surface area (Å²) in [7, 11) is 0. The predicted molar refractivity (Wildman–Crippen MR) is 105 cm³/mol. The van der Waals surface area contributed by atoms with E-state index in [1.807, 2.05) is 38.2 Å². The minimum absolute atomic E-state index is 0.464. The molecule has 4 aromatic rings. The van der Waals surface area contributed by atoms with Crippen molar-refractivity contribution < 1.29 is 4.42 Å². The van der Waals surface area contributed by atoms with Gasteiger partial charge in [0.05, 0.1) is 29.8 Å². The molecule has 4 nitrogen and oxygen atoms in total. The van der Waals surface area contributed by atoms with Crippen molar-refractivity contribution in [3.8, 4) is 0 Å². The van der Waals surface area contributed by atoms with Crippen LogP contribution < -0.4 is 0 Å². The van der Waals surface area contributed by atoms with Gasteiger partial charge in [0, 0.05) is 11.1 Å². The molecule has 132 valence electrons. The smallest absolute Gasteiger partial charge is 0.133 e. The number of pyridine rings is 1. The quantitative estimate of drug-likeness (QED) is 0.480. The van der Waals surface area contributed by atoms with E-state index in [9.17, 15) is 0 Å². The lowest BCUT2D eigenvalue weighted by molar-refractivity contribution is 0.616. The van der Waals surface area contributed by atoms with Crippen LogP contribution in [0.5, 0.6) is 0 Å². The third-order valence-electron chi connectivity index (χ3n) is 3.84. The number of hydrogen-bond donors (Lipinski definition) is 1. The molecule has 1 N–H and O–H groups in total. The van der Waals surface area contributed by atoms with Crippen LogP contribution in [0.1, 0.15) is 51.8 Å². The minimum Gasteiger partial charge on any atom is -0.464 e. The van der Waals surface area contributed by atoms with Crippen LogP contribution in [0.2, 0.25) is 0 Å². The fraction of sp³-hybridized carbons (Fsp3) is 0.333. The van der Waals surface area contributed by atoms with E-state index < -0.39 is 0 Å². The van der Waals surface area contributed by atoms with Gasteiger partial charge in [-0.3, -0.25) is 4.98 Å². The Hall–Kier alpha value is -2.62. The van der Waals surface area contributed by atoms with Crippen molar-refractivity contribution in [3.63, 3.8) is 0 Å². The highest BCUT2D eigenvalue weighted by Crippen LogP contribution is 2.17. The highest BCUT2D eigenvalue weighted by atomic mass is 16.3. The number of imidazole rings is 1. The number of H-pyrrole nitrogens is 1. The van der Waals surface area contributed by atoms with E-state index in [2.05, 4.69) is 47.9 Å². The second kappa shape index (κ2) is 9.02. The largest absolute Gasteiger partial charge is 0.464 e. The van der Waals surface area contributed by atoms with Crippen molar-refractivity contribution in [1.29, 1.82) is 0 Å². The molecule has 0 bridgehead atoms. The van der Waals surface area contributed by atoms with Crippen LogP contribution >= 0.6 is 0 Å². The van der Waals surface area contributed by atoms with Gasteiger partial charge in [-0.2, -0.15) is 0 Å². The fourth-order valence-corrected chi connectivity index (χ4v) is 2.40. The summed E-state index contributed by atoms with van der Waals surface area (Å²) in [6.45, 7) is 10.4. The van der Waals surface area contributed by atoms with Gasteiger partial charge >= 0.3 is 0 Å². The molecule has 1 aromatic carbocycles. The molecular weight excluding hydrogens is 310 g/mol. The first-order valence-corrected chi connectivity index (χ1v) is 8.92. The monoisotopic (exact) mass is 337 g/mol. The van der Waals surface area contributed by atoms with Crippen LogP contribution in [0.4, 0.5) is 0 Å².